The number of sulfone groups is 1. The maximum Gasteiger partial charge on any atom is 0.248 e. The van der Waals surface area contributed by atoms with Gasteiger partial charge in [0.25, 0.3) is 0 Å². The van der Waals surface area contributed by atoms with Crippen molar-refractivity contribution in [3.63, 3.8) is 0 Å². The summed E-state index contributed by atoms with van der Waals surface area (Å²) in [7, 11) is -3.33. The number of piperazine rings is 1. The fourth-order valence-corrected chi connectivity index (χ4v) is 3.32. The first-order valence-electron chi connectivity index (χ1n) is 7.19. The zero-order chi connectivity index (χ0) is 16.6. The Kier molecular flexibility index (Phi) is 4.77. The average molecular weight is 318 g/mol. The fraction of sp³-hybridized carbons (Fsp3) is 0.857. The van der Waals surface area contributed by atoms with Crippen LogP contribution in [-0.4, -0.2) is 53.8 Å². The van der Waals surface area contributed by atoms with Crippen LogP contribution in [0.25, 0.3) is 0 Å². The molecule has 1 fully saturated rings. The van der Waals surface area contributed by atoms with Crippen molar-refractivity contribution in [3.05, 3.63) is 0 Å². The third kappa shape index (κ3) is 3.56. The number of amides is 2. The Balaban J connectivity index is 2.98. The molecule has 21 heavy (non-hydrogen) atoms. The van der Waals surface area contributed by atoms with E-state index < -0.39 is 26.2 Å². The van der Waals surface area contributed by atoms with E-state index in [1.165, 1.54) is 4.90 Å². The van der Waals surface area contributed by atoms with Crippen molar-refractivity contribution in [2.75, 3.05) is 12.3 Å². The quantitative estimate of drug-likeness (QED) is 0.827. The first-order chi connectivity index (χ1) is 9.33. The zero-order valence-electron chi connectivity index (χ0n) is 13.7. The Morgan fingerprint density at radius 2 is 1.76 bits per heavy atom. The van der Waals surface area contributed by atoms with Gasteiger partial charge in [0.1, 0.15) is 11.6 Å². The van der Waals surface area contributed by atoms with Gasteiger partial charge in [-0.15, -0.1) is 0 Å². The van der Waals surface area contributed by atoms with E-state index in [-0.39, 0.29) is 24.1 Å². The lowest BCUT2D eigenvalue weighted by Crippen LogP contribution is -2.68. The minimum absolute atomic E-state index is 0.0494. The summed E-state index contributed by atoms with van der Waals surface area (Å²) in [4.78, 5) is 25.9. The molecule has 0 radical (unpaired) electrons. The molecular weight excluding hydrogens is 292 g/mol. The fourth-order valence-electron chi connectivity index (χ4n) is 2.27. The normalized spacial score (nSPS) is 23.1. The Labute approximate surface area is 127 Å². The second-order valence-electron chi connectivity index (χ2n) is 6.97. The number of carbonyl (C=O) groups excluding carboxylic acids is 2. The van der Waals surface area contributed by atoms with Gasteiger partial charge in [-0.25, -0.2) is 8.42 Å². The van der Waals surface area contributed by atoms with Crippen LogP contribution in [0.4, 0.5) is 0 Å². The van der Waals surface area contributed by atoms with Gasteiger partial charge in [0.15, 0.2) is 9.84 Å². The van der Waals surface area contributed by atoms with Crippen molar-refractivity contribution in [1.82, 2.24) is 10.2 Å². The van der Waals surface area contributed by atoms with Crippen molar-refractivity contribution >= 4 is 21.7 Å². The summed E-state index contributed by atoms with van der Waals surface area (Å²) in [6.07, 6.45) is 0.462. The number of nitrogens with zero attached hydrogens (tertiary/aromatic N) is 1. The maximum absolute atomic E-state index is 12.4. The smallest absolute Gasteiger partial charge is 0.248 e. The van der Waals surface area contributed by atoms with Gasteiger partial charge in [-0.1, -0.05) is 6.92 Å². The first kappa shape index (κ1) is 17.9. The van der Waals surface area contributed by atoms with E-state index in [1.807, 2.05) is 0 Å². The van der Waals surface area contributed by atoms with E-state index in [1.54, 1.807) is 41.5 Å². The van der Waals surface area contributed by atoms with Gasteiger partial charge in [-0.05, 0) is 41.0 Å². The second-order valence-corrected chi connectivity index (χ2v) is 9.83. The monoisotopic (exact) mass is 318 g/mol. The molecule has 1 unspecified atom stereocenters. The Morgan fingerprint density at radius 1 is 1.24 bits per heavy atom. The highest BCUT2D eigenvalue weighted by Crippen LogP contribution is 2.22. The number of hydrogen-bond donors (Lipinski definition) is 1. The molecule has 0 spiro atoms. The number of nitrogens with one attached hydrogen (secondary N) is 1. The van der Waals surface area contributed by atoms with E-state index in [0.717, 1.165) is 0 Å². The molecule has 0 aromatic rings. The summed E-state index contributed by atoms with van der Waals surface area (Å²) < 4.78 is 23.5. The molecule has 1 atom stereocenters. The molecule has 2 amide bonds. The molecule has 122 valence electrons. The molecule has 0 saturated carbocycles. The third-order valence-corrected chi connectivity index (χ3v) is 6.42. The maximum atomic E-state index is 12.4. The van der Waals surface area contributed by atoms with Crippen LogP contribution in [0.2, 0.25) is 0 Å². The van der Waals surface area contributed by atoms with Crippen molar-refractivity contribution in [2.24, 2.45) is 0 Å². The van der Waals surface area contributed by atoms with Gasteiger partial charge >= 0.3 is 0 Å². The van der Waals surface area contributed by atoms with Crippen LogP contribution in [0.3, 0.4) is 0 Å². The SMILES string of the molecule is CCC1C(=O)NC(C)(C)C(=O)N1CCS(=O)(=O)C(C)(C)C. The van der Waals surface area contributed by atoms with Crippen LogP contribution in [0.5, 0.6) is 0 Å². The Morgan fingerprint density at radius 3 is 2.19 bits per heavy atom. The molecule has 1 rings (SSSR count). The van der Waals surface area contributed by atoms with E-state index >= 15 is 0 Å². The van der Waals surface area contributed by atoms with E-state index in [0.29, 0.717) is 6.42 Å². The van der Waals surface area contributed by atoms with Gasteiger partial charge in [0, 0.05) is 6.54 Å². The molecule has 1 N–H and O–H groups in total. The van der Waals surface area contributed by atoms with Crippen LogP contribution in [0, 0.1) is 0 Å². The summed E-state index contributed by atoms with van der Waals surface area (Å²) in [5.74, 6) is -0.601. The van der Waals surface area contributed by atoms with Crippen molar-refractivity contribution < 1.29 is 18.0 Å². The largest absolute Gasteiger partial charge is 0.340 e. The van der Waals surface area contributed by atoms with Gasteiger partial charge < -0.3 is 10.2 Å². The predicted octanol–water partition coefficient (Wildman–Crippen LogP) is 0.715. The lowest BCUT2D eigenvalue weighted by atomic mass is 9.96. The van der Waals surface area contributed by atoms with E-state index in [9.17, 15) is 18.0 Å². The van der Waals surface area contributed by atoms with Crippen LogP contribution < -0.4 is 5.32 Å². The van der Waals surface area contributed by atoms with E-state index in [4.69, 9.17) is 0 Å². The predicted molar refractivity (Wildman–Crippen MR) is 81.6 cm³/mol. The van der Waals surface area contributed by atoms with Crippen LogP contribution >= 0.6 is 0 Å². The molecule has 0 aromatic carbocycles. The molecule has 0 aliphatic carbocycles. The molecule has 1 aliphatic heterocycles. The lowest BCUT2D eigenvalue weighted by molar-refractivity contribution is -0.153. The highest BCUT2D eigenvalue weighted by Gasteiger charge is 2.45. The molecule has 1 heterocycles. The molecule has 7 heteroatoms. The standard InChI is InChI=1S/C14H26N2O4S/c1-7-10-11(17)15-14(5,6)12(18)16(10)8-9-21(19,20)13(2,3)4/h10H,7-9H2,1-6H3,(H,15,17). The Bertz CT molecular complexity index is 532. The number of carbonyl (C=O) groups is 2. The van der Waals surface area contributed by atoms with Crippen LogP contribution in [-0.2, 0) is 19.4 Å². The lowest BCUT2D eigenvalue weighted by Gasteiger charge is -2.42. The molecule has 1 saturated heterocycles. The van der Waals surface area contributed by atoms with Crippen molar-refractivity contribution in [2.45, 2.75) is 64.3 Å². The molecular formula is C14H26N2O4S. The first-order valence-corrected chi connectivity index (χ1v) is 8.84. The van der Waals surface area contributed by atoms with Crippen molar-refractivity contribution in [1.29, 1.82) is 0 Å². The minimum Gasteiger partial charge on any atom is -0.340 e. The number of hydrogen-bond acceptors (Lipinski definition) is 4. The van der Waals surface area contributed by atoms with Crippen molar-refractivity contribution in [3.8, 4) is 0 Å². The number of rotatable bonds is 4. The summed E-state index contributed by atoms with van der Waals surface area (Å²) in [5.41, 5.74) is -0.992. The molecule has 1 aliphatic rings. The summed E-state index contributed by atoms with van der Waals surface area (Å²) in [5, 5.41) is 2.68. The van der Waals surface area contributed by atoms with Crippen LogP contribution in [0.15, 0.2) is 0 Å². The van der Waals surface area contributed by atoms with Gasteiger partial charge in [0.05, 0.1) is 10.5 Å². The second kappa shape index (κ2) is 5.59. The highest BCUT2D eigenvalue weighted by atomic mass is 32.2. The molecule has 6 nitrogen and oxygen atoms in total. The van der Waals surface area contributed by atoms with E-state index in [2.05, 4.69) is 5.32 Å². The highest BCUT2D eigenvalue weighted by molar-refractivity contribution is 7.92. The average Bonchev–Trinajstić information content (AvgIpc) is 2.29. The third-order valence-electron chi connectivity index (χ3n) is 3.83. The molecule has 0 bridgehead atoms. The molecule has 0 aromatic heterocycles. The Hall–Kier alpha value is -1.11. The zero-order valence-corrected chi connectivity index (χ0v) is 14.5. The summed E-state index contributed by atoms with van der Waals surface area (Å²) >= 11 is 0. The summed E-state index contributed by atoms with van der Waals surface area (Å²) in [6, 6.07) is -0.597. The summed E-state index contributed by atoms with van der Waals surface area (Å²) in [6.45, 7) is 10.0. The van der Waals surface area contributed by atoms with Gasteiger partial charge in [-0.3, -0.25) is 9.59 Å². The van der Waals surface area contributed by atoms with Gasteiger partial charge in [0.2, 0.25) is 11.8 Å². The topological polar surface area (TPSA) is 83.6 Å². The van der Waals surface area contributed by atoms with Crippen LogP contribution in [0.1, 0.15) is 48.0 Å². The minimum atomic E-state index is -3.33. The van der Waals surface area contributed by atoms with Gasteiger partial charge in [-0.2, -0.15) is 0 Å².